The zero-order valence-corrected chi connectivity index (χ0v) is 12.9. The molecule has 3 nitrogen and oxygen atoms in total. The number of nitrogens with zero attached hydrogens (tertiary/aromatic N) is 2. The SMILES string of the molecule is CCNC1CCC(C(C)C)CC1Cc1cnn(C)c1. The zero-order chi connectivity index (χ0) is 13.8. The molecule has 19 heavy (non-hydrogen) atoms. The maximum atomic E-state index is 4.30. The Balaban J connectivity index is 2.02. The van der Waals surface area contributed by atoms with Gasteiger partial charge in [0.15, 0.2) is 0 Å². The minimum Gasteiger partial charge on any atom is -0.314 e. The molecule has 1 aliphatic carbocycles. The van der Waals surface area contributed by atoms with Crippen molar-refractivity contribution in [3.63, 3.8) is 0 Å². The lowest BCUT2D eigenvalue weighted by molar-refractivity contribution is 0.169. The van der Waals surface area contributed by atoms with E-state index in [0.717, 1.165) is 24.3 Å². The average Bonchev–Trinajstić information content (AvgIpc) is 2.77. The van der Waals surface area contributed by atoms with Crippen LogP contribution in [0.1, 0.15) is 45.6 Å². The summed E-state index contributed by atoms with van der Waals surface area (Å²) in [4.78, 5) is 0. The second-order valence-electron chi connectivity index (χ2n) is 6.47. The first kappa shape index (κ1) is 14.6. The predicted octanol–water partition coefficient (Wildman–Crippen LogP) is 3.01. The summed E-state index contributed by atoms with van der Waals surface area (Å²) in [5.41, 5.74) is 1.39. The van der Waals surface area contributed by atoms with Gasteiger partial charge in [0.1, 0.15) is 0 Å². The van der Waals surface area contributed by atoms with Crippen molar-refractivity contribution >= 4 is 0 Å². The van der Waals surface area contributed by atoms with E-state index in [-0.39, 0.29) is 0 Å². The number of aryl methyl sites for hydroxylation is 1. The number of hydrogen-bond acceptors (Lipinski definition) is 2. The van der Waals surface area contributed by atoms with E-state index in [1.165, 1.54) is 31.2 Å². The first-order chi connectivity index (χ1) is 9.10. The Hall–Kier alpha value is -0.830. The molecule has 0 bridgehead atoms. The summed E-state index contributed by atoms with van der Waals surface area (Å²) < 4.78 is 1.92. The van der Waals surface area contributed by atoms with E-state index >= 15 is 0 Å². The van der Waals surface area contributed by atoms with Gasteiger partial charge in [0.05, 0.1) is 6.20 Å². The molecule has 1 N–H and O–H groups in total. The van der Waals surface area contributed by atoms with E-state index in [1.54, 1.807) is 0 Å². The van der Waals surface area contributed by atoms with E-state index in [2.05, 4.69) is 37.4 Å². The lowest BCUT2D eigenvalue weighted by Gasteiger charge is -2.38. The molecule has 3 heteroatoms. The van der Waals surface area contributed by atoms with Gasteiger partial charge < -0.3 is 5.32 Å². The fourth-order valence-electron chi connectivity index (χ4n) is 3.54. The van der Waals surface area contributed by atoms with Crippen molar-refractivity contribution < 1.29 is 0 Å². The summed E-state index contributed by atoms with van der Waals surface area (Å²) in [6.45, 7) is 8.05. The van der Waals surface area contributed by atoms with E-state index in [9.17, 15) is 0 Å². The number of nitrogens with one attached hydrogen (secondary N) is 1. The molecule has 0 amide bonds. The third-order valence-electron chi connectivity index (χ3n) is 4.69. The molecular formula is C16H29N3. The largest absolute Gasteiger partial charge is 0.314 e. The quantitative estimate of drug-likeness (QED) is 0.885. The van der Waals surface area contributed by atoms with Gasteiger partial charge in [-0.15, -0.1) is 0 Å². The molecule has 1 heterocycles. The molecule has 1 aliphatic rings. The molecule has 2 rings (SSSR count). The van der Waals surface area contributed by atoms with Crippen LogP contribution in [0, 0.1) is 17.8 Å². The Morgan fingerprint density at radius 3 is 2.79 bits per heavy atom. The molecule has 1 aromatic heterocycles. The van der Waals surface area contributed by atoms with Crippen LogP contribution in [-0.4, -0.2) is 22.4 Å². The Kier molecular flexibility index (Phi) is 5.03. The van der Waals surface area contributed by atoms with Gasteiger partial charge in [0.2, 0.25) is 0 Å². The van der Waals surface area contributed by atoms with Crippen molar-refractivity contribution in [2.45, 2.75) is 52.5 Å². The van der Waals surface area contributed by atoms with E-state index in [4.69, 9.17) is 0 Å². The molecule has 1 saturated carbocycles. The standard InChI is InChI=1S/C16H29N3/c1-5-17-16-7-6-14(12(2)3)9-15(16)8-13-10-18-19(4)11-13/h10-12,14-17H,5-9H2,1-4H3. The molecule has 0 saturated heterocycles. The van der Waals surface area contributed by atoms with Crippen LogP contribution in [0.5, 0.6) is 0 Å². The minimum atomic E-state index is 0.695. The third kappa shape index (κ3) is 3.82. The predicted molar refractivity (Wildman–Crippen MR) is 80.0 cm³/mol. The smallest absolute Gasteiger partial charge is 0.0521 e. The number of hydrogen-bond donors (Lipinski definition) is 1. The fraction of sp³-hybridized carbons (Fsp3) is 0.812. The molecule has 108 valence electrons. The maximum Gasteiger partial charge on any atom is 0.0521 e. The molecule has 3 atom stereocenters. The van der Waals surface area contributed by atoms with Crippen LogP contribution in [0.2, 0.25) is 0 Å². The van der Waals surface area contributed by atoms with Crippen molar-refractivity contribution in [1.29, 1.82) is 0 Å². The summed E-state index contributed by atoms with van der Waals surface area (Å²) in [5, 5.41) is 8.00. The first-order valence-corrected chi connectivity index (χ1v) is 7.81. The highest BCUT2D eigenvalue weighted by Crippen LogP contribution is 2.35. The minimum absolute atomic E-state index is 0.695. The van der Waals surface area contributed by atoms with Gasteiger partial charge in [-0.25, -0.2) is 0 Å². The van der Waals surface area contributed by atoms with E-state index < -0.39 is 0 Å². The van der Waals surface area contributed by atoms with Crippen molar-refractivity contribution in [3.8, 4) is 0 Å². The van der Waals surface area contributed by atoms with Crippen molar-refractivity contribution in [2.24, 2.45) is 24.8 Å². The highest BCUT2D eigenvalue weighted by atomic mass is 15.2. The van der Waals surface area contributed by atoms with Gasteiger partial charge in [0, 0.05) is 19.3 Å². The molecule has 0 radical (unpaired) electrons. The molecular weight excluding hydrogens is 234 g/mol. The van der Waals surface area contributed by atoms with Crippen molar-refractivity contribution in [2.75, 3.05) is 6.54 Å². The zero-order valence-electron chi connectivity index (χ0n) is 12.9. The maximum absolute atomic E-state index is 4.30. The van der Waals surface area contributed by atoms with E-state index in [1.807, 2.05) is 17.9 Å². The van der Waals surface area contributed by atoms with Crippen LogP contribution in [0.25, 0.3) is 0 Å². The van der Waals surface area contributed by atoms with Crippen LogP contribution in [0.4, 0.5) is 0 Å². The molecule has 3 unspecified atom stereocenters. The summed E-state index contributed by atoms with van der Waals surface area (Å²) in [7, 11) is 2.00. The Morgan fingerprint density at radius 1 is 1.42 bits per heavy atom. The highest BCUT2D eigenvalue weighted by Gasteiger charge is 2.31. The second kappa shape index (κ2) is 6.56. The lowest BCUT2D eigenvalue weighted by Crippen LogP contribution is -2.42. The second-order valence-corrected chi connectivity index (χ2v) is 6.47. The van der Waals surface area contributed by atoms with Gasteiger partial charge in [0.25, 0.3) is 0 Å². The first-order valence-electron chi connectivity index (χ1n) is 7.81. The summed E-state index contributed by atoms with van der Waals surface area (Å²) in [6.07, 6.45) is 9.46. The van der Waals surface area contributed by atoms with Crippen LogP contribution < -0.4 is 5.32 Å². The van der Waals surface area contributed by atoms with Crippen LogP contribution in [-0.2, 0) is 13.5 Å². The Labute approximate surface area is 117 Å². The molecule has 0 aliphatic heterocycles. The number of aromatic nitrogens is 2. The van der Waals surface area contributed by atoms with Gasteiger partial charge in [-0.3, -0.25) is 4.68 Å². The van der Waals surface area contributed by atoms with E-state index in [0.29, 0.717) is 6.04 Å². The topological polar surface area (TPSA) is 29.9 Å². The summed E-state index contributed by atoms with van der Waals surface area (Å²) >= 11 is 0. The molecule has 0 spiro atoms. The van der Waals surface area contributed by atoms with Crippen LogP contribution >= 0.6 is 0 Å². The fourth-order valence-corrected chi connectivity index (χ4v) is 3.54. The summed E-state index contributed by atoms with van der Waals surface area (Å²) in [5.74, 6) is 2.49. The van der Waals surface area contributed by atoms with Crippen LogP contribution in [0.3, 0.4) is 0 Å². The third-order valence-corrected chi connectivity index (χ3v) is 4.69. The lowest BCUT2D eigenvalue weighted by atomic mass is 9.72. The Morgan fingerprint density at radius 2 is 2.21 bits per heavy atom. The van der Waals surface area contributed by atoms with Gasteiger partial charge in [-0.05, 0) is 55.5 Å². The average molecular weight is 263 g/mol. The van der Waals surface area contributed by atoms with Gasteiger partial charge >= 0.3 is 0 Å². The van der Waals surface area contributed by atoms with Crippen molar-refractivity contribution in [3.05, 3.63) is 18.0 Å². The number of rotatable bonds is 5. The van der Waals surface area contributed by atoms with Crippen LogP contribution in [0.15, 0.2) is 12.4 Å². The highest BCUT2D eigenvalue weighted by molar-refractivity contribution is 5.06. The molecule has 0 aromatic carbocycles. The van der Waals surface area contributed by atoms with Crippen molar-refractivity contribution in [1.82, 2.24) is 15.1 Å². The molecule has 1 aromatic rings. The molecule has 1 fully saturated rings. The normalized spacial score (nSPS) is 27.9. The monoisotopic (exact) mass is 263 g/mol. The Bertz CT molecular complexity index is 383. The summed E-state index contributed by atoms with van der Waals surface area (Å²) in [6, 6.07) is 0.695. The van der Waals surface area contributed by atoms with Gasteiger partial charge in [-0.2, -0.15) is 5.10 Å². The van der Waals surface area contributed by atoms with Gasteiger partial charge in [-0.1, -0.05) is 20.8 Å².